The highest BCUT2D eigenvalue weighted by molar-refractivity contribution is 4.81. The van der Waals surface area contributed by atoms with Crippen LogP contribution in [0, 0.1) is 5.92 Å². The first-order valence-electron chi connectivity index (χ1n) is 4.81. The average Bonchev–Trinajstić information content (AvgIpc) is 2.10. The highest BCUT2D eigenvalue weighted by Crippen LogP contribution is 2.25. The third kappa shape index (κ3) is 2.44. The van der Waals surface area contributed by atoms with Crippen molar-refractivity contribution < 1.29 is 5.11 Å². The lowest BCUT2D eigenvalue weighted by Crippen LogP contribution is -2.40. The summed E-state index contributed by atoms with van der Waals surface area (Å²) in [5.74, 6) is 0.625. The fraction of sp³-hybridized carbons (Fsp3) is 1.00. The molecular weight excluding hydrogens is 152 g/mol. The second-order valence-electron chi connectivity index (χ2n) is 3.75. The maximum Gasteiger partial charge on any atom is 0.0587 e. The molecule has 0 saturated heterocycles. The van der Waals surface area contributed by atoms with Gasteiger partial charge in [0.15, 0.2) is 0 Å². The first-order chi connectivity index (χ1) is 5.77. The van der Waals surface area contributed by atoms with Crippen LogP contribution in [-0.2, 0) is 0 Å². The number of rotatable bonds is 3. The van der Waals surface area contributed by atoms with E-state index in [4.69, 9.17) is 10.8 Å². The van der Waals surface area contributed by atoms with Crippen LogP contribution in [0.2, 0.25) is 0 Å². The first kappa shape index (κ1) is 9.96. The molecule has 0 bridgehead atoms. The van der Waals surface area contributed by atoms with Crippen molar-refractivity contribution in [2.45, 2.75) is 37.8 Å². The number of nitrogens with two attached hydrogens (primary N) is 1. The van der Waals surface area contributed by atoms with Gasteiger partial charge in [-0.2, -0.15) is 0 Å². The summed E-state index contributed by atoms with van der Waals surface area (Å²) in [6.07, 6.45) is 4.55. The Balaban J connectivity index is 2.32. The Morgan fingerprint density at radius 1 is 1.42 bits per heavy atom. The molecule has 0 radical (unpaired) electrons. The molecule has 12 heavy (non-hydrogen) atoms. The molecule has 0 amide bonds. The van der Waals surface area contributed by atoms with Gasteiger partial charge < -0.3 is 16.2 Å². The summed E-state index contributed by atoms with van der Waals surface area (Å²) < 4.78 is 0. The maximum atomic E-state index is 9.05. The maximum absolute atomic E-state index is 9.05. The van der Waals surface area contributed by atoms with Gasteiger partial charge in [0.25, 0.3) is 0 Å². The zero-order chi connectivity index (χ0) is 8.97. The average molecular weight is 172 g/mol. The van der Waals surface area contributed by atoms with Gasteiger partial charge in [0.05, 0.1) is 6.61 Å². The predicted octanol–water partition coefficient (Wildman–Crippen LogP) is 0.0842. The summed E-state index contributed by atoms with van der Waals surface area (Å²) >= 11 is 0. The van der Waals surface area contributed by atoms with Crippen LogP contribution >= 0.6 is 0 Å². The minimum atomic E-state index is 0.246. The molecule has 0 aliphatic heterocycles. The van der Waals surface area contributed by atoms with E-state index in [9.17, 15) is 0 Å². The van der Waals surface area contributed by atoms with E-state index >= 15 is 0 Å². The number of hydrogen-bond donors (Lipinski definition) is 3. The van der Waals surface area contributed by atoms with Crippen molar-refractivity contribution in [2.75, 3.05) is 13.7 Å². The van der Waals surface area contributed by atoms with Gasteiger partial charge in [0.1, 0.15) is 0 Å². The molecular formula is C9H20N2O. The van der Waals surface area contributed by atoms with Gasteiger partial charge in [-0.15, -0.1) is 0 Å². The van der Waals surface area contributed by atoms with Crippen molar-refractivity contribution in [1.29, 1.82) is 0 Å². The molecule has 1 atom stereocenters. The second-order valence-corrected chi connectivity index (χ2v) is 3.75. The lowest BCUT2D eigenvalue weighted by Gasteiger charge is -2.31. The Morgan fingerprint density at radius 3 is 2.42 bits per heavy atom. The Morgan fingerprint density at radius 2 is 2.00 bits per heavy atom. The molecule has 1 aliphatic carbocycles. The van der Waals surface area contributed by atoms with Crippen LogP contribution in [0.4, 0.5) is 0 Å². The van der Waals surface area contributed by atoms with E-state index in [2.05, 4.69) is 5.32 Å². The molecule has 3 nitrogen and oxygen atoms in total. The quantitative estimate of drug-likeness (QED) is 0.565. The molecule has 0 aromatic rings. The molecule has 1 saturated carbocycles. The van der Waals surface area contributed by atoms with E-state index < -0.39 is 0 Å². The van der Waals surface area contributed by atoms with Crippen molar-refractivity contribution in [3.05, 3.63) is 0 Å². The zero-order valence-electron chi connectivity index (χ0n) is 7.79. The van der Waals surface area contributed by atoms with Crippen molar-refractivity contribution in [3.63, 3.8) is 0 Å². The van der Waals surface area contributed by atoms with Gasteiger partial charge in [0, 0.05) is 12.1 Å². The summed E-state index contributed by atoms with van der Waals surface area (Å²) in [5.41, 5.74) is 5.80. The van der Waals surface area contributed by atoms with Crippen LogP contribution in [0.25, 0.3) is 0 Å². The summed E-state index contributed by atoms with van der Waals surface area (Å²) in [6, 6.07) is 0.676. The van der Waals surface area contributed by atoms with E-state index in [-0.39, 0.29) is 12.6 Å². The number of aliphatic hydroxyl groups is 1. The molecule has 0 aromatic heterocycles. The lowest BCUT2D eigenvalue weighted by atomic mass is 9.82. The van der Waals surface area contributed by atoms with Crippen LogP contribution < -0.4 is 11.1 Å². The standard InChI is InChI=1S/C9H20N2O/c1-11-9(6-12)7-2-4-8(10)5-3-7/h7-9,11-12H,2-6,10H2,1H3. The van der Waals surface area contributed by atoms with Crippen LogP contribution in [0.15, 0.2) is 0 Å². The minimum Gasteiger partial charge on any atom is -0.395 e. The SMILES string of the molecule is CNC(CO)C1CCC(N)CC1. The van der Waals surface area contributed by atoms with E-state index in [1.807, 2.05) is 7.05 Å². The molecule has 1 rings (SSSR count). The second kappa shape index (κ2) is 4.80. The monoisotopic (exact) mass is 172 g/mol. The Bertz CT molecular complexity index is 118. The number of likely N-dealkylation sites (N-methyl/N-ethyl adjacent to an activating group) is 1. The third-order valence-corrected chi connectivity index (χ3v) is 2.95. The summed E-state index contributed by atoms with van der Waals surface area (Å²) in [4.78, 5) is 0. The van der Waals surface area contributed by atoms with Crippen molar-refractivity contribution in [1.82, 2.24) is 5.32 Å². The molecule has 0 spiro atoms. The zero-order valence-corrected chi connectivity index (χ0v) is 7.79. The fourth-order valence-electron chi connectivity index (χ4n) is 2.02. The molecule has 72 valence electrons. The van der Waals surface area contributed by atoms with Gasteiger partial charge >= 0.3 is 0 Å². The number of nitrogens with one attached hydrogen (secondary N) is 1. The van der Waals surface area contributed by atoms with E-state index in [0.717, 1.165) is 25.7 Å². The van der Waals surface area contributed by atoms with Gasteiger partial charge in [-0.05, 0) is 38.6 Å². The van der Waals surface area contributed by atoms with Gasteiger partial charge in [-0.3, -0.25) is 0 Å². The van der Waals surface area contributed by atoms with E-state index in [1.54, 1.807) is 0 Å². The highest BCUT2D eigenvalue weighted by Gasteiger charge is 2.24. The smallest absolute Gasteiger partial charge is 0.0587 e. The van der Waals surface area contributed by atoms with Gasteiger partial charge in [0.2, 0.25) is 0 Å². The Kier molecular flexibility index (Phi) is 3.98. The van der Waals surface area contributed by atoms with Crippen molar-refractivity contribution >= 4 is 0 Å². The third-order valence-electron chi connectivity index (χ3n) is 2.95. The van der Waals surface area contributed by atoms with Crippen LogP contribution in [0.5, 0.6) is 0 Å². The van der Waals surface area contributed by atoms with E-state index in [1.165, 1.54) is 0 Å². The molecule has 1 aliphatic rings. The fourth-order valence-corrected chi connectivity index (χ4v) is 2.02. The molecule has 0 heterocycles. The van der Waals surface area contributed by atoms with Crippen molar-refractivity contribution in [3.8, 4) is 0 Å². The first-order valence-corrected chi connectivity index (χ1v) is 4.81. The topological polar surface area (TPSA) is 58.3 Å². The molecule has 4 N–H and O–H groups in total. The lowest BCUT2D eigenvalue weighted by molar-refractivity contribution is 0.172. The molecule has 3 heteroatoms. The van der Waals surface area contributed by atoms with Crippen LogP contribution in [-0.4, -0.2) is 30.8 Å². The predicted molar refractivity (Wildman–Crippen MR) is 49.9 cm³/mol. The number of hydrogen-bond acceptors (Lipinski definition) is 3. The highest BCUT2D eigenvalue weighted by atomic mass is 16.3. The Hall–Kier alpha value is -0.120. The number of aliphatic hydroxyl groups excluding tert-OH is 1. The van der Waals surface area contributed by atoms with Gasteiger partial charge in [-0.1, -0.05) is 0 Å². The largest absolute Gasteiger partial charge is 0.395 e. The molecule has 1 unspecified atom stereocenters. The van der Waals surface area contributed by atoms with Crippen molar-refractivity contribution in [2.24, 2.45) is 11.7 Å². The summed E-state index contributed by atoms with van der Waals surface area (Å²) in [6.45, 7) is 0.246. The van der Waals surface area contributed by atoms with Crippen LogP contribution in [0.1, 0.15) is 25.7 Å². The van der Waals surface area contributed by atoms with Gasteiger partial charge in [-0.25, -0.2) is 0 Å². The van der Waals surface area contributed by atoms with Crippen LogP contribution in [0.3, 0.4) is 0 Å². The normalized spacial score (nSPS) is 33.2. The van der Waals surface area contributed by atoms with E-state index in [0.29, 0.717) is 12.0 Å². The summed E-state index contributed by atoms with van der Waals surface area (Å²) in [7, 11) is 1.91. The molecule has 1 fully saturated rings. The Labute approximate surface area is 74.3 Å². The summed E-state index contributed by atoms with van der Waals surface area (Å²) in [5, 5.41) is 12.2. The molecule has 0 aromatic carbocycles. The minimum absolute atomic E-state index is 0.246.